The largest absolute Gasteiger partial charge is 0.463 e. The predicted octanol–water partition coefficient (Wildman–Crippen LogP) is 2.15. The Morgan fingerprint density at radius 2 is 2.22 bits per heavy atom. The Hall–Kier alpha value is -1.40. The number of rotatable bonds is 5. The van der Waals surface area contributed by atoms with Gasteiger partial charge in [0.2, 0.25) is 0 Å². The van der Waals surface area contributed by atoms with E-state index in [0.717, 1.165) is 12.2 Å². The summed E-state index contributed by atoms with van der Waals surface area (Å²) >= 11 is 7.16. The maximum Gasteiger partial charge on any atom is 0.330 e. The summed E-state index contributed by atoms with van der Waals surface area (Å²) in [6, 6.07) is 0. The summed E-state index contributed by atoms with van der Waals surface area (Å²) in [6.45, 7) is 1.93. The molecule has 0 radical (unpaired) electrons. The standard InChI is InChI=1S/C11H11ClN2O3S/c1-3-17-9(16)5-4-8(15)7-6-13-11(18-2)14-10(7)12/h4-6H,3H2,1-2H3/b5-4+. The van der Waals surface area contributed by atoms with Crippen molar-refractivity contribution in [3.8, 4) is 0 Å². The number of allylic oxidation sites excluding steroid dienone is 1. The molecule has 0 aliphatic carbocycles. The first-order valence-corrected chi connectivity index (χ1v) is 6.64. The van der Waals surface area contributed by atoms with Gasteiger partial charge in [0.25, 0.3) is 0 Å². The van der Waals surface area contributed by atoms with Crippen molar-refractivity contribution in [2.75, 3.05) is 12.9 Å². The highest BCUT2D eigenvalue weighted by atomic mass is 35.5. The maximum atomic E-state index is 11.7. The van der Waals surface area contributed by atoms with E-state index in [9.17, 15) is 9.59 Å². The molecule has 0 aliphatic heterocycles. The van der Waals surface area contributed by atoms with Crippen LogP contribution < -0.4 is 0 Å². The number of halogens is 1. The van der Waals surface area contributed by atoms with E-state index in [-0.39, 0.29) is 17.3 Å². The molecule has 0 unspecified atom stereocenters. The highest BCUT2D eigenvalue weighted by Gasteiger charge is 2.11. The number of carbonyl (C=O) groups is 2. The molecule has 5 nitrogen and oxygen atoms in total. The Morgan fingerprint density at radius 1 is 1.50 bits per heavy atom. The average Bonchev–Trinajstić information content (AvgIpc) is 2.36. The minimum atomic E-state index is -0.580. The van der Waals surface area contributed by atoms with Crippen LogP contribution in [0.5, 0.6) is 0 Å². The third-order valence-electron chi connectivity index (χ3n) is 1.83. The zero-order valence-electron chi connectivity index (χ0n) is 9.84. The van der Waals surface area contributed by atoms with Gasteiger partial charge in [-0.15, -0.1) is 0 Å². The zero-order chi connectivity index (χ0) is 13.5. The van der Waals surface area contributed by atoms with Gasteiger partial charge in [-0.2, -0.15) is 0 Å². The van der Waals surface area contributed by atoms with Gasteiger partial charge in [-0.05, 0) is 19.3 Å². The van der Waals surface area contributed by atoms with Gasteiger partial charge < -0.3 is 4.74 Å². The van der Waals surface area contributed by atoms with Crippen LogP contribution in [0.2, 0.25) is 5.15 Å². The Balaban J connectivity index is 2.81. The van der Waals surface area contributed by atoms with E-state index in [1.54, 1.807) is 13.2 Å². The van der Waals surface area contributed by atoms with Crippen molar-refractivity contribution in [2.45, 2.75) is 12.1 Å². The molecule has 1 rings (SSSR count). The van der Waals surface area contributed by atoms with Crippen LogP contribution >= 0.6 is 23.4 Å². The lowest BCUT2D eigenvalue weighted by atomic mass is 10.2. The molecule has 1 heterocycles. The minimum Gasteiger partial charge on any atom is -0.463 e. The predicted molar refractivity (Wildman–Crippen MR) is 68.9 cm³/mol. The number of hydrogen-bond acceptors (Lipinski definition) is 6. The van der Waals surface area contributed by atoms with E-state index >= 15 is 0 Å². The van der Waals surface area contributed by atoms with Crippen molar-refractivity contribution >= 4 is 35.1 Å². The van der Waals surface area contributed by atoms with E-state index in [4.69, 9.17) is 11.6 Å². The molecule has 96 valence electrons. The summed E-state index contributed by atoms with van der Waals surface area (Å²) in [5.74, 6) is -1.02. The monoisotopic (exact) mass is 286 g/mol. The normalized spacial score (nSPS) is 10.6. The fourth-order valence-electron chi connectivity index (χ4n) is 1.03. The first-order chi connectivity index (χ1) is 8.58. The number of carbonyl (C=O) groups excluding carboxylic acids is 2. The first-order valence-electron chi connectivity index (χ1n) is 5.04. The summed E-state index contributed by atoms with van der Waals surface area (Å²) < 4.78 is 4.65. The van der Waals surface area contributed by atoms with Crippen molar-refractivity contribution < 1.29 is 14.3 Å². The molecule has 0 saturated heterocycles. The van der Waals surface area contributed by atoms with Crippen molar-refractivity contribution in [1.29, 1.82) is 0 Å². The quantitative estimate of drug-likeness (QED) is 0.206. The molecule has 0 aliphatic rings. The number of thioether (sulfide) groups is 1. The van der Waals surface area contributed by atoms with Crippen LogP contribution in [0, 0.1) is 0 Å². The van der Waals surface area contributed by atoms with E-state index in [1.165, 1.54) is 18.0 Å². The fourth-order valence-corrected chi connectivity index (χ4v) is 1.65. The zero-order valence-corrected chi connectivity index (χ0v) is 11.4. The van der Waals surface area contributed by atoms with Crippen LogP contribution in [0.4, 0.5) is 0 Å². The Labute approximate surface area is 114 Å². The summed E-state index contributed by atoms with van der Waals surface area (Å²) in [5.41, 5.74) is 0.148. The summed E-state index contributed by atoms with van der Waals surface area (Å²) in [4.78, 5) is 30.6. The third-order valence-corrected chi connectivity index (χ3v) is 2.68. The molecule has 0 amide bonds. The van der Waals surface area contributed by atoms with Gasteiger partial charge >= 0.3 is 5.97 Å². The van der Waals surface area contributed by atoms with Crippen LogP contribution in [0.1, 0.15) is 17.3 Å². The fraction of sp³-hybridized carbons (Fsp3) is 0.273. The summed E-state index contributed by atoms with van der Waals surface area (Å²) in [5, 5.41) is 0.541. The minimum absolute atomic E-state index is 0.0628. The van der Waals surface area contributed by atoms with Gasteiger partial charge in [0.15, 0.2) is 10.9 Å². The molecule has 0 N–H and O–H groups in total. The van der Waals surface area contributed by atoms with E-state index in [2.05, 4.69) is 14.7 Å². The van der Waals surface area contributed by atoms with E-state index in [0.29, 0.717) is 5.16 Å². The van der Waals surface area contributed by atoms with Crippen molar-refractivity contribution in [3.63, 3.8) is 0 Å². The number of ketones is 1. The number of aromatic nitrogens is 2. The molecular formula is C11H11ClN2O3S. The second-order valence-corrected chi connectivity index (χ2v) is 4.14. The van der Waals surface area contributed by atoms with Crippen LogP contribution in [-0.2, 0) is 9.53 Å². The van der Waals surface area contributed by atoms with Gasteiger partial charge in [0.1, 0.15) is 5.15 Å². The van der Waals surface area contributed by atoms with Crippen molar-refractivity contribution in [1.82, 2.24) is 9.97 Å². The Morgan fingerprint density at radius 3 is 2.78 bits per heavy atom. The van der Waals surface area contributed by atoms with Gasteiger partial charge in [-0.3, -0.25) is 4.79 Å². The number of nitrogens with zero attached hydrogens (tertiary/aromatic N) is 2. The molecule has 0 fully saturated rings. The molecule has 0 saturated carbocycles. The molecule has 7 heteroatoms. The lowest BCUT2D eigenvalue weighted by Gasteiger charge is -2.00. The van der Waals surface area contributed by atoms with Crippen LogP contribution in [-0.4, -0.2) is 34.6 Å². The van der Waals surface area contributed by atoms with E-state index < -0.39 is 11.8 Å². The van der Waals surface area contributed by atoms with E-state index in [1.807, 2.05) is 0 Å². The first kappa shape index (κ1) is 14.7. The van der Waals surface area contributed by atoms with Gasteiger partial charge in [-0.1, -0.05) is 23.4 Å². The molecule has 1 aromatic heterocycles. The number of ether oxygens (including phenoxy) is 1. The van der Waals surface area contributed by atoms with Crippen molar-refractivity contribution in [3.05, 3.63) is 29.1 Å². The summed E-state index contributed by atoms with van der Waals surface area (Å²) in [7, 11) is 0. The molecule has 0 aromatic carbocycles. The molecule has 0 bridgehead atoms. The second kappa shape index (κ2) is 7.13. The highest BCUT2D eigenvalue weighted by Crippen LogP contribution is 2.17. The molecule has 1 aromatic rings. The number of hydrogen-bond donors (Lipinski definition) is 0. The third kappa shape index (κ3) is 4.12. The van der Waals surface area contributed by atoms with Gasteiger partial charge in [0, 0.05) is 12.3 Å². The molecule has 18 heavy (non-hydrogen) atoms. The molecular weight excluding hydrogens is 276 g/mol. The van der Waals surface area contributed by atoms with Gasteiger partial charge in [0.05, 0.1) is 12.2 Å². The smallest absolute Gasteiger partial charge is 0.330 e. The Bertz CT molecular complexity index is 491. The average molecular weight is 287 g/mol. The maximum absolute atomic E-state index is 11.7. The van der Waals surface area contributed by atoms with Crippen LogP contribution in [0.15, 0.2) is 23.5 Å². The molecule has 0 spiro atoms. The SMILES string of the molecule is CCOC(=O)/C=C/C(=O)c1cnc(SC)nc1Cl. The van der Waals surface area contributed by atoms with Crippen LogP contribution in [0.25, 0.3) is 0 Å². The lowest BCUT2D eigenvalue weighted by molar-refractivity contribution is -0.137. The van der Waals surface area contributed by atoms with Gasteiger partial charge in [-0.25, -0.2) is 14.8 Å². The summed E-state index contributed by atoms with van der Waals surface area (Å²) in [6.07, 6.45) is 5.26. The topological polar surface area (TPSA) is 69.2 Å². The molecule has 0 atom stereocenters. The highest BCUT2D eigenvalue weighted by molar-refractivity contribution is 7.98. The van der Waals surface area contributed by atoms with Crippen LogP contribution in [0.3, 0.4) is 0 Å². The number of esters is 1. The lowest BCUT2D eigenvalue weighted by Crippen LogP contribution is -2.03. The second-order valence-electron chi connectivity index (χ2n) is 3.01. The van der Waals surface area contributed by atoms with Crippen molar-refractivity contribution in [2.24, 2.45) is 0 Å². The Kier molecular flexibility index (Phi) is 5.80.